The van der Waals surface area contributed by atoms with Crippen molar-refractivity contribution in [1.29, 1.82) is 0 Å². The van der Waals surface area contributed by atoms with E-state index in [2.05, 4.69) is 5.32 Å². The topological polar surface area (TPSA) is 75.7 Å². The van der Waals surface area contributed by atoms with Crippen LogP contribution in [0.2, 0.25) is 0 Å². The molecule has 2 aromatic rings. The molecule has 0 radical (unpaired) electrons. The molecule has 4 rings (SSSR count). The molecule has 1 aliphatic heterocycles. The molecule has 6 nitrogen and oxygen atoms in total. The van der Waals surface area contributed by atoms with Crippen molar-refractivity contribution in [3.05, 3.63) is 45.6 Å². The van der Waals surface area contributed by atoms with Crippen LogP contribution in [0.3, 0.4) is 0 Å². The van der Waals surface area contributed by atoms with Gasteiger partial charge in [0.15, 0.2) is 6.61 Å². The van der Waals surface area contributed by atoms with E-state index in [0.717, 1.165) is 25.7 Å². The van der Waals surface area contributed by atoms with Crippen molar-refractivity contribution in [1.82, 2.24) is 0 Å². The number of fused-ring (bicyclic) bond motifs is 2. The van der Waals surface area contributed by atoms with Crippen molar-refractivity contribution >= 4 is 40.5 Å². The molecule has 1 aliphatic carbocycles. The van der Waals surface area contributed by atoms with Crippen LogP contribution in [0.4, 0.5) is 11.4 Å². The number of rotatable bonds is 3. The quantitative estimate of drug-likeness (QED) is 0.843. The highest BCUT2D eigenvalue weighted by Gasteiger charge is 2.27. The lowest BCUT2D eigenvalue weighted by atomic mass is 9.99. The summed E-state index contributed by atoms with van der Waals surface area (Å²) in [5.74, 6) is -1.16. The molecule has 0 saturated heterocycles. The fourth-order valence-electron chi connectivity index (χ4n) is 3.32. The number of benzene rings is 1. The lowest BCUT2D eigenvalue weighted by Gasteiger charge is -2.28. The fraction of sp³-hybridized carbons (Fsp3) is 0.316. The number of carbonyl (C=O) groups excluding carboxylic acids is 3. The van der Waals surface area contributed by atoms with Crippen LogP contribution >= 0.6 is 11.3 Å². The largest absolute Gasteiger partial charge is 0.451 e. The number of ether oxygens (including phenoxy) is 1. The zero-order valence-electron chi connectivity index (χ0n) is 14.1. The summed E-state index contributed by atoms with van der Waals surface area (Å²) in [5.41, 5.74) is 2.41. The third-order valence-electron chi connectivity index (χ3n) is 4.60. The summed E-state index contributed by atoms with van der Waals surface area (Å²) in [5, 5.41) is 2.72. The summed E-state index contributed by atoms with van der Waals surface area (Å²) in [7, 11) is 0. The fourth-order valence-corrected chi connectivity index (χ4v) is 4.47. The number of esters is 1. The maximum Gasteiger partial charge on any atom is 0.348 e. The highest BCUT2D eigenvalue weighted by Crippen LogP contribution is 2.31. The third kappa shape index (κ3) is 3.22. The van der Waals surface area contributed by atoms with Crippen LogP contribution in [0.1, 0.15) is 33.0 Å². The number of aryl methyl sites for hydroxylation is 2. The maximum absolute atomic E-state index is 12.5. The van der Waals surface area contributed by atoms with Gasteiger partial charge >= 0.3 is 5.97 Å². The Morgan fingerprint density at radius 1 is 1.19 bits per heavy atom. The van der Waals surface area contributed by atoms with Crippen molar-refractivity contribution in [2.45, 2.75) is 25.7 Å². The molecule has 134 valence electrons. The first kappa shape index (κ1) is 16.8. The average Bonchev–Trinajstić information content (AvgIpc) is 3.09. The number of carbonyl (C=O) groups is 3. The molecule has 0 spiro atoms. The lowest BCUT2D eigenvalue weighted by Crippen LogP contribution is -2.44. The van der Waals surface area contributed by atoms with Crippen LogP contribution in [0.15, 0.2) is 30.3 Å². The van der Waals surface area contributed by atoms with E-state index < -0.39 is 11.9 Å². The van der Waals surface area contributed by atoms with Crippen molar-refractivity contribution in [3.63, 3.8) is 0 Å². The molecule has 1 N–H and O–H groups in total. The predicted octanol–water partition coefficient (Wildman–Crippen LogP) is 2.77. The summed E-state index contributed by atoms with van der Waals surface area (Å²) in [6.07, 6.45) is 4.30. The van der Waals surface area contributed by atoms with Gasteiger partial charge in [0.05, 0.1) is 11.4 Å². The van der Waals surface area contributed by atoms with Crippen molar-refractivity contribution in [2.75, 3.05) is 23.4 Å². The SMILES string of the molecule is O=C1CN(C(=O)COC(=O)c2cc3c(s2)CCCC3)c2ccccc2N1. The zero-order chi connectivity index (χ0) is 18.1. The standard InChI is InChI=1S/C19H18N2O4S/c22-17-10-21(14-7-3-2-6-13(14)20-17)18(23)11-25-19(24)16-9-12-5-1-4-8-15(12)26-16/h2-3,6-7,9H,1,4-5,8,10-11H2,(H,20,22). The second kappa shape index (κ2) is 6.92. The Balaban J connectivity index is 1.43. The highest BCUT2D eigenvalue weighted by molar-refractivity contribution is 7.14. The lowest BCUT2D eigenvalue weighted by molar-refractivity contribution is -0.124. The molecule has 1 aromatic heterocycles. The summed E-state index contributed by atoms with van der Waals surface area (Å²) in [6, 6.07) is 8.94. The van der Waals surface area contributed by atoms with Gasteiger partial charge in [-0.25, -0.2) is 4.79 Å². The molecule has 1 aromatic carbocycles. The second-order valence-corrected chi connectivity index (χ2v) is 7.52. The minimum atomic E-state index is -0.479. The molecule has 2 heterocycles. The Kier molecular flexibility index (Phi) is 4.46. The van der Waals surface area contributed by atoms with Gasteiger partial charge in [0.2, 0.25) is 5.91 Å². The zero-order valence-corrected chi connectivity index (χ0v) is 14.9. The molecule has 26 heavy (non-hydrogen) atoms. The first-order valence-electron chi connectivity index (χ1n) is 8.60. The van der Waals surface area contributed by atoms with Crippen LogP contribution in [0, 0.1) is 0 Å². The van der Waals surface area contributed by atoms with Gasteiger partial charge in [-0.1, -0.05) is 12.1 Å². The van der Waals surface area contributed by atoms with E-state index in [1.807, 2.05) is 6.07 Å². The van der Waals surface area contributed by atoms with Crippen molar-refractivity contribution in [3.8, 4) is 0 Å². The molecule has 0 bridgehead atoms. The van der Waals surface area contributed by atoms with E-state index in [-0.39, 0.29) is 19.1 Å². The summed E-state index contributed by atoms with van der Waals surface area (Å²) >= 11 is 1.46. The first-order chi connectivity index (χ1) is 12.6. The third-order valence-corrected chi connectivity index (χ3v) is 5.81. The number of para-hydroxylation sites is 2. The van der Waals surface area contributed by atoms with Gasteiger partial charge in [0, 0.05) is 4.88 Å². The van der Waals surface area contributed by atoms with E-state index in [0.29, 0.717) is 16.3 Å². The minimum Gasteiger partial charge on any atom is -0.451 e. The molecule has 0 saturated carbocycles. The molecule has 0 atom stereocenters. The molecule has 2 amide bonds. The summed E-state index contributed by atoms with van der Waals surface area (Å²) in [6.45, 7) is -0.469. The molecular weight excluding hydrogens is 352 g/mol. The van der Waals surface area contributed by atoms with Gasteiger partial charge < -0.3 is 10.1 Å². The highest BCUT2D eigenvalue weighted by atomic mass is 32.1. The van der Waals surface area contributed by atoms with Gasteiger partial charge in [0.1, 0.15) is 11.4 Å². The van der Waals surface area contributed by atoms with Crippen LogP contribution < -0.4 is 10.2 Å². The Hall–Kier alpha value is -2.67. The number of hydrogen-bond donors (Lipinski definition) is 1. The summed E-state index contributed by atoms with van der Waals surface area (Å²) < 4.78 is 5.22. The van der Waals surface area contributed by atoms with E-state index in [1.165, 1.54) is 26.7 Å². The molecule has 7 heteroatoms. The van der Waals surface area contributed by atoms with Crippen molar-refractivity contribution < 1.29 is 19.1 Å². The van der Waals surface area contributed by atoms with Gasteiger partial charge in [-0.3, -0.25) is 14.5 Å². The molecular formula is C19H18N2O4S. The van der Waals surface area contributed by atoms with Crippen LogP contribution in [-0.4, -0.2) is 30.9 Å². The normalized spacial score (nSPS) is 15.7. The average molecular weight is 370 g/mol. The molecule has 0 fully saturated rings. The number of nitrogens with one attached hydrogen (secondary N) is 1. The van der Waals surface area contributed by atoms with E-state index in [4.69, 9.17) is 4.74 Å². The maximum atomic E-state index is 12.5. The van der Waals surface area contributed by atoms with Crippen LogP contribution in [0.25, 0.3) is 0 Å². The molecule has 2 aliphatic rings. The Bertz CT molecular complexity index is 866. The predicted molar refractivity (Wildman–Crippen MR) is 98.7 cm³/mol. The smallest absolute Gasteiger partial charge is 0.348 e. The van der Waals surface area contributed by atoms with Gasteiger partial charge in [0.25, 0.3) is 5.91 Å². The number of hydrogen-bond acceptors (Lipinski definition) is 5. The minimum absolute atomic E-state index is 0.0826. The number of nitrogens with zero attached hydrogens (tertiary/aromatic N) is 1. The van der Waals surface area contributed by atoms with Gasteiger partial charge in [-0.15, -0.1) is 11.3 Å². The van der Waals surface area contributed by atoms with Crippen molar-refractivity contribution in [2.24, 2.45) is 0 Å². The van der Waals surface area contributed by atoms with E-state index in [1.54, 1.807) is 24.3 Å². The second-order valence-electron chi connectivity index (χ2n) is 6.39. The first-order valence-corrected chi connectivity index (χ1v) is 9.41. The van der Waals surface area contributed by atoms with Gasteiger partial charge in [-0.05, 0) is 49.4 Å². The summed E-state index contributed by atoms with van der Waals surface area (Å²) in [4.78, 5) is 39.7. The Morgan fingerprint density at radius 3 is 2.85 bits per heavy atom. The van der Waals surface area contributed by atoms with Gasteiger partial charge in [-0.2, -0.15) is 0 Å². The number of amides is 2. The van der Waals surface area contributed by atoms with Crippen LogP contribution in [-0.2, 0) is 27.2 Å². The van der Waals surface area contributed by atoms with Crippen LogP contribution in [0.5, 0.6) is 0 Å². The Labute approximate surface area is 154 Å². The Morgan fingerprint density at radius 2 is 2.00 bits per heavy atom. The number of anilines is 2. The monoisotopic (exact) mass is 370 g/mol. The van der Waals surface area contributed by atoms with E-state index in [9.17, 15) is 14.4 Å². The molecule has 0 unspecified atom stereocenters. The van der Waals surface area contributed by atoms with E-state index >= 15 is 0 Å². The number of thiophene rings is 1.